The van der Waals surface area contributed by atoms with Crippen molar-refractivity contribution in [2.45, 2.75) is 45.4 Å². The maximum Gasteiger partial charge on any atom is 0.494 e. The molecular weight excluding hydrogens is 288 g/mol. The summed E-state index contributed by atoms with van der Waals surface area (Å²) in [5, 5.41) is 2.73. The van der Waals surface area contributed by atoms with Crippen LogP contribution in [0.4, 0.5) is 0 Å². The van der Waals surface area contributed by atoms with Crippen LogP contribution in [0.3, 0.4) is 0 Å². The molecular formula is C15H21BClNO3. The maximum atomic E-state index is 11.1. The van der Waals surface area contributed by atoms with Gasteiger partial charge in [-0.3, -0.25) is 4.79 Å². The Hall–Kier alpha value is -1.04. The molecule has 0 spiro atoms. The van der Waals surface area contributed by atoms with E-state index in [9.17, 15) is 4.79 Å². The summed E-state index contributed by atoms with van der Waals surface area (Å²) in [6, 6.07) is 7.83. The minimum atomic E-state index is -0.360. The van der Waals surface area contributed by atoms with Crippen LogP contribution in [0.2, 0.25) is 0 Å². The third-order valence-corrected chi connectivity index (χ3v) is 4.36. The van der Waals surface area contributed by atoms with Crippen LogP contribution < -0.4 is 10.8 Å². The van der Waals surface area contributed by atoms with E-state index < -0.39 is 0 Å². The zero-order valence-electron chi connectivity index (χ0n) is 12.9. The van der Waals surface area contributed by atoms with Crippen molar-refractivity contribution >= 4 is 30.1 Å². The predicted octanol–water partition coefficient (Wildman–Crippen LogP) is 1.84. The van der Waals surface area contributed by atoms with Crippen LogP contribution in [-0.4, -0.2) is 30.1 Å². The molecule has 1 amide bonds. The zero-order valence-corrected chi connectivity index (χ0v) is 13.7. The largest absolute Gasteiger partial charge is 0.494 e. The number of hydrogen-bond acceptors (Lipinski definition) is 3. The molecule has 1 heterocycles. The van der Waals surface area contributed by atoms with Gasteiger partial charge in [0.15, 0.2) is 0 Å². The van der Waals surface area contributed by atoms with Crippen LogP contribution in [0.25, 0.3) is 0 Å². The average Bonchev–Trinajstić information content (AvgIpc) is 2.65. The van der Waals surface area contributed by atoms with Gasteiger partial charge >= 0.3 is 7.12 Å². The highest BCUT2D eigenvalue weighted by Gasteiger charge is 2.51. The molecule has 21 heavy (non-hydrogen) atoms. The topological polar surface area (TPSA) is 47.6 Å². The van der Waals surface area contributed by atoms with E-state index in [2.05, 4.69) is 5.32 Å². The molecule has 0 saturated carbocycles. The molecule has 1 aliphatic heterocycles. The lowest BCUT2D eigenvalue weighted by molar-refractivity contribution is -0.118. The number of hydrogen-bond donors (Lipinski definition) is 1. The van der Waals surface area contributed by atoms with Crippen molar-refractivity contribution in [3.8, 4) is 0 Å². The van der Waals surface area contributed by atoms with Gasteiger partial charge in [-0.15, -0.1) is 11.6 Å². The summed E-state index contributed by atoms with van der Waals surface area (Å²) in [6.45, 7) is 8.59. The molecule has 1 aromatic rings. The van der Waals surface area contributed by atoms with Crippen molar-refractivity contribution in [2.75, 3.05) is 5.88 Å². The first-order valence-corrected chi connectivity index (χ1v) is 7.56. The van der Waals surface area contributed by atoms with Crippen LogP contribution in [0.5, 0.6) is 0 Å². The molecule has 0 aliphatic carbocycles. The first-order chi connectivity index (χ1) is 9.75. The van der Waals surface area contributed by atoms with Crippen molar-refractivity contribution in [2.24, 2.45) is 0 Å². The fourth-order valence-corrected chi connectivity index (χ4v) is 2.11. The number of nitrogens with one attached hydrogen (secondary N) is 1. The lowest BCUT2D eigenvalue weighted by Crippen LogP contribution is -2.41. The number of benzene rings is 1. The van der Waals surface area contributed by atoms with Crippen molar-refractivity contribution in [3.63, 3.8) is 0 Å². The normalized spacial score (nSPS) is 19.6. The molecule has 0 unspecified atom stereocenters. The Morgan fingerprint density at radius 1 is 1.14 bits per heavy atom. The first-order valence-electron chi connectivity index (χ1n) is 7.02. The molecule has 6 heteroatoms. The maximum absolute atomic E-state index is 11.1. The van der Waals surface area contributed by atoms with E-state index in [0.717, 1.165) is 11.0 Å². The lowest BCUT2D eigenvalue weighted by atomic mass is 9.79. The highest BCUT2D eigenvalue weighted by Crippen LogP contribution is 2.36. The summed E-state index contributed by atoms with van der Waals surface area (Å²) in [6.07, 6.45) is 0. The fraction of sp³-hybridized carbons (Fsp3) is 0.533. The SMILES string of the molecule is CC1(C)OB(c2ccc(CNC(=O)CCl)cc2)OC1(C)C. The van der Waals surface area contributed by atoms with Gasteiger partial charge in [-0.05, 0) is 38.7 Å². The van der Waals surface area contributed by atoms with Crippen LogP contribution in [0.1, 0.15) is 33.3 Å². The van der Waals surface area contributed by atoms with E-state index in [0.29, 0.717) is 6.54 Å². The average molecular weight is 310 g/mol. The van der Waals surface area contributed by atoms with E-state index in [1.807, 2.05) is 52.0 Å². The van der Waals surface area contributed by atoms with Gasteiger partial charge in [0.1, 0.15) is 5.88 Å². The molecule has 0 radical (unpaired) electrons. The van der Waals surface area contributed by atoms with Gasteiger partial charge in [0.05, 0.1) is 11.2 Å². The fourth-order valence-electron chi connectivity index (χ4n) is 2.02. The molecule has 1 fully saturated rings. The highest BCUT2D eigenvalue weighted by atomic mass is 35.5. The number of carbonyl (C=O) groups excluding carboxylic acids is 1. The van der Waals surface area contributed by atoms with Gasteiger partial charge in [0.2, 0.25) is 5.91 Å². The molecule has 114 valence electrons. The number of alkyl halides is 1. The number of rotatable bonds is 4. The van der Waals surface area contributed by atoms with Crippen molar-refractivity contribution < 1.29 is 14.1 Å². The monoisotopic (exact) mass is 309 g/mol. The van der Waals surface area contributed by atoms with Crippen LogP contribution in [0.15, 0.2) is 24.3 Å². The lowest BCUT2D eigenvalue weighted by Gasteiger charge is -2.32. The third-order valence-electron chi connectivity index (χ3n) is 4.12. The summed E-state index contributed by atoms with van der Waals surface area (Å²) >= 11 is 5.44. The van der Waals surface area contributed by atoms with Gasteiger partial charge in [0.25, 0.3) is 0 Å². The second-order valence-electron chi connectivity index (χ2n) is 6.24. The molecule has 1 N–H and O–H groups in total. The summed E-state index contributed by atoms with van der Waals surface area (Å²) in [4.78, 5) is 11.1. The molecule has 0 aromatic heterocycles. The van der Waals surface area contributed by atoms with Gasteiger partial charge in [-0.1, -0.05) is 24.3 Å². The van der Waals surface area contributed by atoms with Crippen LogP contribution >= 0.6 is 11.6 Å². The van der Waals surface area contributed by atoms with Gasteiger partial charge in [-0.25, -0.2) is 0 Å². The van der Waals surface area contributed by atoms with E-state index in [1.54, 1.807) is 0 Å². The number of amides is 1. The highest BCUT2D eigenvalue weighted by molar-refractivity contribution is 6.62. The molecule has 1 aromatic carbocycles. The van der Waals surface area contributed by atoms with Gasteiger partial charge in [0, 0.05) is 6.54 Å². The second-order valence-corrected chi connectivity index (χ2v) is 6.51. The number of carbonyl (C=O) groups is 1. The smallest absolute Gasteiger partial charge is 0.399 e. The molecule has 1 aliphatic rings. The molecule has 1 saturated heterocycles. The Labute approximate surface area is 131 Å². The van der Waals surface area contributed by atoms with Crippen molar-refractivity contribution in [3.05, 3.63) is 29.8 Å². The van der Waals surface area contributed by atoms with E-state index in [-0.39, 0.29) is 30.1 Å². The standard InChI is InChI=1S/C15H21BClNO3/c1-14(2)15(3,4)21-16(20-14)12-7-5-11(6-8-12)10-18-13(19)9-17/h5-8H,9-10H2,1-4H3,(H,18,19). The Bertz CT molecular complexity index is 500. The second kappa shape index (κ2) is 5.99. The summed E-state index contributed by atoms with van der Waals surface area (Å²) in [7, 11) is -0.360. The van der Waals surface area contributed by atoms with Crippen LogP contribution in [-0.2, 0) is 20.6 Å². The molecule has 4 nitrogen and oxygen atoms in total. The Morgan fingerprint density at radius 2 is 1.67 bits per heavy atom. The molecule has 0 bridgehead atoms. The predicted molar refractivity (Wildman–Crippen MR) is 84.7 cm³/mol. The third kappa shape index (κ3) is 3.60. The van der Waals surface area contributed by atoms with Gasteiger partial charge in [-0.2, -0.15) is 0 Å². The van der Waals surface area contributed by atoms with E-state index >= 15 is 0 Å². The Kier molecular flexibility index (Phi) is 4.66. The van der Waals surface area contributed by atoms with Crippen molar-refractivity contribution in [1.82, 2.24) is 5.32 Å². The Balaban J connectivity index is 2.02. The van der Waals surface area contributed by atoms with Crippen molar-refractivity contribution in [1.29, 1.82) is 0 Å². The minimum Gasteiger partial charge on any atom is -0.399 e. The molecule has 0 atom stereocenters. The molecule has 2 rings (SSSR count). The van der Waals surface area contributed by atoms with E-state index in [1.165, 1.54) is 0 Å². The number of halogens is 1. The van der Waals surface area contributed by atoms with E-state index in [4.69, 9.17) is 20.9 Å². The van der Waals surface area contributed by atoms with Crippen LogP contribution in [0, 0.1) is 0 Å². The summed E-state index contributed by atoms with van der Waals surface area (Å²) in [5.74, 6) is -0.196. The summed E-state index contributed by atoms with van der Waals surface area (Å²) < 4.78 is 12.0. The zero-order chi connectivity index (χ0) is 15.7. The quantitative estimate of drug-likeness (QED) is 0.682. The minimum absolute atomic E-state index is 0.0218. The first kappa shape index (κ1) is 16.3. The van der Waals surface area contributed by atoms with Gasteiger partial charge < -0.3 is 14.6 Å². The summed E-state index contributed by atoms with van der Waals surface area (Å²) in [5.41, 5.74) is 1.30. The Morgan fingerprint density at radius 3 is 2.14 bits per heavy atom.